The Morgan fingerprint density at radius 3 is 1.65 bits per heavy atom. The molecule has 0 unspecified atom stereocenters. The van der Waals surface area contributed by atoms with Gasteiger partial charge in [-0.3, -0.25) is 8.80 Å². The monoisotopic (exact) mass is 847 g/mol. The molecule has 2 aromatic carbocycles. The second kappa shape index (κ2) is 14.9. The Morgan fingerprint density at radius 1 is 0.700 bits per heavy atom. The molecule has 0 bridgehead atoms. The molecule has 306 valence electrons. The Balaban J connectivity index is 0.000000166. The summed E-state index contributed by atoms with van der Waals surface area (Å²) < 4.78 is 107. The van der Waals surface area contributed by atoms with Crippen LogP contribution in [0.15, 0.2) is 115 Å². The van der Waals surface area contributed by atoms with Crippen LogP contribution in [0.2, 0.25) is 0 Å². The second-order valence-electron chi connectivity index (χ2n) is 13.5. The number of alkyl halides is 6. The number of benzene rings is 2. The lowest BCUT2D eigenvalue weighted by Crippen LogP contribution is -2.24. The summed E-state index contributed by atoms with van der Waals surface area (Å²) in [7, 11) is -3.73. The number of sulfone groups is 1. The van der Waals surface area contributed by atoms with Gasteiger partial charge in [-0.2, -0.15) is 35.8 Å². The zero-order chi connectivity index (χ0) is 42.6. The molecule has 22 heteroatoms. The van der Waals surface area contributed by atoms with E-state index in [1.807, 2.05) is 0 Å². The first-order chi connectivity index (χ1) is 28.4. The van der Waals surface area contributed by atoms with E-state index in [1.54, 1.807) is 22.7 Å². The van der Waals surface area contributed by atoms with Gasteiger partial charge in [0.1, 0.15) is 0 Å². The van der Waals surface area contributed by atoms with Crippen molar-refractivity contribution in [2.24, 2.45) is 0 Å². The molecule has 0 atom stereocenters. The van der Waals surface area contributed by atoms with E-state index in [0.717, 1.165) is 49.6 Å². The number of aromatic nitrogens is 10. The van der Waals surface area contributed by atoms with Crippen LogP contribution in [0.1, 0.15) is 24.0 Å². The van der Waals surface area contributed by atoms with Gasteiger partial charge in [0, 0.05) is 35.8 Å². The van der Waals surface area contributed by atoms with Gasteiger partial charge < -0.3 is 15.7 Å². The summed E-state index contributed by atoms with van der Waals surface area (Å²) in [6.45, 7) is 0. The Labute approximate surface area is 334 Å². The van der Waals surface area contributed by atoms with E-state index >= 15 is 0 Å². The maximum atomic E-state index is 13.2. The van der Waals surface area contributed by atoms with Crippen LogP contribution >= 0.6 is 0 Å². The lowest BCUT2D eigenvalue weighted by molar-refractivity contribution is -0.604. The van der Waals surface area contributed by atoms with Crippen LogP contribution < -0.4 is 14.8 Å². The van der Waals surface area contributed by atoms with E-state index in [4.69, 9.17) is 0 Å². The van der Waals surface area contributed by atoms with Crippen LogP contribution in [-0.2, 0) is 22.2 Å². The summed E-state index contributed by atoms with van der Waals surface area (Å²) in [5.41, 5.74) is 0.890. The summed E-state index contributed by atoms with van der Waals surface area (Å²) in [6, 6.07) is 12.9. The normalized spacial score (nSPS) is 13.3. The minimum atomic E-state index is -4.56. The summed E-state index contributed by atoms with van der Waals surface area (Å²) in [5.74, 6) is 0.440. The van der Waals surface area contributed by atoms with E-state index in [9.17, 15) is 45.2 Å². The minimum Gasteiger partial charge on any atom is -0.619 e. The largest absolute Gasteiger partial charge is 0.619 e. The van der Waals surface area contributed by atoms with Crippen molar-refractivity contribution in [3.8, 4) is 45.3 Å². The number of hydrogen-bond acceptors (Lipinski definition) is 11. The first-order valence-electron chi connectivity index (χ1n) is 17.6. The third kappa shape index (κ3) is 8.21. The van der Waals surface area contributed by atoms with Crippen molar-refractivity contribution in [1.29, 1.82) is 0 Å². The van der Waals surface area contributed by atoms with Gasteiger partial charge in [0.05, 0.1) is 57.7 Å². The molecule has 1 fully saturated rings. The van der Waals surface area contributed by atoms with Gasteiger partial charge in [-0.05, 0) is 49.2 Å². The highest BCUT2D eigenvalue weighted by Gasteiger charge is 2.33. The lowest BCUT2D eigenvalue weighted by Gasteiger charge is -2.10. The highest BCUT2D eigenvalue weighted by molar-refractivity contribution is 7.90. The SMILES string of the molecule is CS(=O)(=O)c1nccc(-c2c(-c3cccc(C(F)(F)F)c3)nc3c[n+]([O-])ccn23)n1.[O-][n+]1ccn2c(-c3ccnc(NC4CC4)n3)c(-c3cccc(C(F)(F)F)c3)nc2c1. The van der Waals surface area contributed by atoms with Crippen LogP contribution in [0, 0.1) is 10.4 Å². The van der Waals surface area contributed by atoms with Crippen LogP contribution in [0.3, 0.4) is 0 Å². The average Bonchev–Trinajstić information content (AvgIpc) is 3.82. The van der Waals surface area contributed by atoms with Gasteiger partial charge in [0.2, 0.25) is 44.6 Å². The Kier molecular flexibility index (Phi) is 9.80. The highest BCUT2D eigenvalue weighted by Crippen LogP contribution is 2.38. The van der Waals surface area contributed by atoms with Crippen molar-refractivity contribution < 1.29 is 44.2 Å². The van der Waals surface area contributed by atoms with E-state index < -0.39 is 38.5 Å². The van der Waals surface area contributed by atoms with E-state index in [2.05, 4.69) is 35.2 Å². The molecule has 8 aromatic rings. The van der Waals surface area contributed by atoms with Crippen molar-refractivity contribution in [2.45, 2.75) is 36.4 Å². The van der Waals surface area contributed by atoms with Gasteiger partial charge in [0.25, 0.3) is 0 Å². The molecule has 9 rings (SSSR count). The Morgan fingerprint density at radius 2 is 1.18 bits per heavy atom. The molecule has 0 spiro atoms. The second-order valence-corrected chi connectivity index (χ2v) is 15.4. The van der Waals surface area contributed by atoms with Crippen LogP contribution in [0.4, 0.5) is 32.3 Å². The van der Waals surface area contributed by atoms with Crippen LogP contribution in [0.5, 0.6) is 0 Å². The van der Waals surface area contributed by atoms with E-state index in [1.165, 1.54) is 65.8 Å². The summed E-state index contributed by atoms with van der Waals surface area (Å²) in [6.07, 6.45) is 4.52. The number of rotatable bonds is 7. The molecule has 0 amide bonds. The third-order valence-electron chi connectivity index (χ3n) is 9.03. The molecule has 1 aliphatic carbocycles. The fourth-order valence-electron chi connectivity index (χ4n) is 6.16. The number of hydrogen-bond donors (Lipinski definition) is 1. The first-order valence-corrected chi connectivity index (χ1v) is 19.5. The Bertz CT molecular complexity index is 3040. The zero-order valence-electron chi connectivity index (χ0n) is 30.7. The molecule has 1 aliphatic rings. The van der Waals surface area contributed by atoms with Gasteiger partial charge in [0.15, 0.2) is 12.4 Å². The predicted molar refractivity (Wildman–Crippen MR) is 201 cm³/mol. The molecule has 0 aliphatic heterocycles. The summed E-state index contributed by atoms with van der Waals surface area (Å²) in [5, 5.41) is 26.1. The van der Waals surface area contributed by atoms with Gasteiger partial charge >= 0.3 is 12.4 Å². The van der Waals surface area contributed by atoms with Crippen molar-refractivity contribution >= 4 is 27.1 Å². The predicted octanol–water partition coefficient (Wildman–Crippen LogP) is 6.20. The van der Waals surface area contributed by atoms with Crippen molar-refractivity contribution in [3.05, 3.63) is 132 Å². The number of nitrogens with zero attached hydrogens (tertiary/aromatic N) is 10. The number of anilines is 1. The standard InChI is InChI=1S/C20H15F3N6O.C18H12F3N5O3S/c21-20(22,23)13-3-1-2-12(10-13)17-18(29-9-8-28(30)11-16(29)27-17)15-6-7-24-19(26-15)25-14-4-5-14;1-30(28,29)17-22-6-5-13(23-17)16-15(24-14-10-25(27)7-8-26(14)16)11-3-2-4-12(9-11)18(19,20)21/h1-3,6-11,14H,4-5H2,(H,24,25,26);2-10H,1H3. The fourth-order valence-corrected chi connectivity index (χ4v) is 6.68. The molecule has 1 saturated carbocycles. The fraction of sp³-hybridized carbons (Fsp3) is 0.158. The van der Waals surface area contributed by atoms with E-state index in [0.29, 0.717) is 44.2 Å². The van der Waals surface area contributed by atoms with Crippen molar-refractivity contribution in [1.82, 2.24) is 38.7 Å². The van der Waals surface area contributed by atoms with Gasteiger partial charge in [-0.1, -0.05) is 24.3 Å². The molecule has 0 saturated heterocycles. The van der Waals surface area contributed by atoms with Crippen molar-refractivity contribution in [2.75, 3.05) is 11.6 Å². The third-order valence-corrected chi connectivity index (χ3v) is 9.89. The molecule has 15 nitrogen and oxygen atoms in total. The van der Waals surface area contributed by atoms with Crippen LogP contribution in [0.25, 0.3) is 56.6 Å². The molecule has 6 aromatic heterocycles. The smallest absolute Gasteiger partial charge is 0.416 e. The quantitative estimate of drug-likeness (QED) is 0.0834. The van der Waals surface area contributed by atoms with Gasteiger partial charge in [-0.25, -0.2) is 38.3 Å². The maximum Gasteiger partial charge on any atom is 0.416 e. The molecule has 6 heterocycles. The van der Waals surface area contributed by atoms with Crippen molar-refractivity contribution in [3.63, 3.8) is 0 Å². The summed E-state index contributed by atoms with van der Waals surface area (Å²) in [4.78, 5) is 25.3. The molecule has 0 radical (unpaired) electrons. The first kappa shape index (κ1) is 39.6. The van der Waals surface area contributed by atoms with Crippen LogP contribution in [-0.4, -0.2) is 59.4 Å². The lowest BCUT2D eigenvalue weighted by atomic mass is 10.1. The number of nitrogens with one attached hydrogen (secondary N) is 1. The topological polar surface area (TPSA) is 186 Å². The molecular formula is C38H27F6N11O4S. The van der Waals surface area contributed by atoms with Gasteiger partial charge in [-0.15, -0.1) is 0 Å². The zero-order valence-corrected chi connectivity index (χ0v) is 31.5. The number of imidazole rings is 2. The number of fused-ring (bicyclic) bond motifs is 2. The molecular weight excluding hydrogens is 821 g/mol. The van der Waals surface area contributed by atoms with E-state index in [-0.39, 0.29) is 33.9 Å². The minimum absolute atomic E-state index is 0.102. The summed E-state index contributed by atoms with van der Waals surface area (Å²) >= 11 is 0. The highest BCUT2D eigenvalue weighted by atomic mass is 32.2. The Hall–Kier alpha value is -7.23. The maximum absolute atomic E-state index is 13.2. The molecule has 60 heavy (non-hydrogen) atoms. The average molecular weight is 848 g/mol. The molecule has 1 N–H and O–H groups in total. The number of halogens is 6.